The maximum Gasteiger partial charge on any atom is 0.240 e. The Morgan fingerprint density at radius 3 is 2.50 bits per heavy atom. The monoisotopic (exact) mass is 374 g/mol. The number of hydrogen-bond acceptors (Lipinski definition) is 4. The number of phenols is 1. The second-order valence-electron chi connectivity index (χ2n) is 6.30. The highest BCUT2D eigenvalue weighted by Crippen LogP contribution is 2.33. The van der Waals surface area contributed by atoms with Gasteiger partial charge in [0.2, 0.25) is 15.9 Å². The molecule has 1 saturated heterocycles. The van der Waals surface area contributed by atoms with Gasteiger partial charge in [-0.3, -0.25) is 4.79 Å². The molecule has 138 valence electrons. The maximum absolute atomic E-state index is 12.6. The van der Waals surface area contributed by atoms with Crippen molar-refractivity contribution >= 4 is 15.9 Å². The van der Waals surface area contributed by atoms with E-state index in [4.69, 9.17) is 0 Å². The summed E-state index contributed by atoms with van der Waals surface area (Å²) in [5.41, 5.74) is 0.985. The Morgan fingerprint density at radius 1 is 1.12 bits per heavy atom. The topological polar surface area (TPSA) is 86.7 Å². The molecule has 0 aromatic heterocycles. The molecule has 0 radical (unpaired) electrons. The Balaban J connectivity index is 1.58. The molecule has 7 heteroatoms. The SMILES string of the molecule is O=C(CCNS(=O)(=O)c1ccccc1)N1CCC[C@H]1c1ccc(O)cc1. The van der Waals surface area contributed by atoms with E-state index in [2.05, 4.69) is 4.72 Å². The third-order valence-electron chi connectivity index (χ3n) is 4.54. The predicted octanol–water partition coefficient (Wildman–Crippen LogP) is 2.42. The molecule has 1 amide bonds. The fraction of sp³-hybridized carbons (Fsp3) is 0.316. The summed E-state index contributed by atoms with van der Waals surface area (Å²) in [7, 11) is -3.60. The highest BCUT2D eigenvalue weighted by Gasteiger charge is 2.29. The maximum atomic E-state index is 12.6. The predicted molar refractivity (Wildman–Crippen MR) is 98.0 cm³/mol. The fourth-order valence-electron chi connectivity index (χ4n) is 3.23. The Labute approximate surface area is 153 Å². The van der Waals surface area contributed by atoms with E-state index in [1.165, 1.54) is 12.1 Å². The van der Waals surface area contributed by atoms with Gasteiger partial charge in [-0.1, -0.05) is 30.3 Å². The number of carbonyl (C=O) groups is 1. The van der Waals surface area contributed by atoms with Crippen LogP contribution in [0.3, 0.4) is 0 Å². The lowest BCUT2D eigenvalue weighted by atomic mass is 10.0. The smallest absolute Gasteiger partial charge is 0.240 e. The summed E-state index contributed by atoms with van der Waals surface area (Å²) in [6, 6.07) is 15.0. The second-order valence-corrected chi connectivity index (χ2v) is 8.06. The van der Waals surface area contributed by atoms with Crippen LogP contribution >= 0.6 is 0 Å². The van der Waals surface area contributed by atoms with E-state index >= 15 is 0 Å². The van der Waals surface area contributed by atoms with Gasteiger partial charge < -0.3 is 10.0 Å². The first kappa shape index (κ1) is 18.4. The molecule has 0 saturated carbocycles. The van der Waals surface area contributed by atoms with Gasteiger partial charge >= 0.3 is 0 Å². The Bertz CT molecular complexity index is 851. The van der Waals surface area contributed by atoms with Crippen LogP contribution in [0.4, 0.5) is 0 Å². The molecule has 1 heterocycles. The number of benzene rings is 2. The van der Waals surface area contributed by atoms with Crippen molar-refractivity contribution in [2.24, 2.45) is 0 Å². The summed E-state index contributed by atoms with van der Waals surface area (Å²) < 4.78 is 26.9. The zero-order valence-corrected chi connectivity index (χ0v) is 15.2. The van der Waals surface area contributed by atoms with Crippen molar-refractivity contribution in [2.75, 3.05) is 13.1 Å². The van der Waals surface area contributed by atoms with E-state index in [0.717, 1.165) is 18.4 Å². The van der Waals surface area contributed by atoms with E-state index in [1.807, 2.05) is 12.1 Å². The van der Waals surface area contributed by atoms with E-state index < -0.39 is 10.0 Å². The number of amides is 1. The summed E-state index contributed by atoms with van der Waals surface area (Å²) in [6.07, 6.45) is 1.89. The number of nitrogens with one attached hydrogen (secondary N) is 1. The first-order valence-electron chi connectivity index (χ1n) is 8.60. The van der Waals surface area contributed by atoms with Crippen molar-refractivity contribution in [3.8, 4) is 5.75 Å². The molecule has 1 fully saturated rings. The van der Waals surface area contributed by atoms with Gasteiger partial charge in [0.1, 0.15) is 5.75 Å². The van der Waals surface area contributed by atoms with Gasteiger partial charge in [0, 0.05) is 19.5 Å². The van der Waals surface area contributed by atoms with Crippen LogP contribution < -0.4 is 4.72 Å². The molecule has 2 aromatic rings. The molecule has 0 aliphatic carbocycles. The normalized spacial score (nSPS) is 17.4. The summed E-state index contributed by atoms with van der Waals surface area (Å²) in [6.45, 7) is 0.727. The van der Waals surface area contributed by atoms with Crippen LogP contribution in [-0.2, 0) is 14.8 Å². The van der Waals surface area contributed by atoms with Crippen molar-refractivity contribution in [1.82, 2.24) is 9.62 Å². The zero-order valence-electron chi connectivity index (χ0n) is 14.3. The quantitative estimate of drug-likeness (QED) is 0.813. The summed E-state index contributed by atoms with van der Waals surface area (Å²) in [5.74, 6) is 0.122. The van der Waals surface area contributed by atoms with Crippen LogP contribution in [0.1, 0.15) is 30.9 Å². The number of phenolic OH excluding ortho intramolecular Hbond substituents is 1. The van der Waals surface area contributed by atoms with Crippen LogP contribution in [0.5, 0.6) is 5.75 Å². The van der Waals surface area contributed by atoms with Gasteiger partial charge in [0.25, 0.3) is 0 Å². The number of nitrogens with zero attached hydrogens (tertiary/aromatic N) is 1. The molecule has 2 N–H and O–H groups in total. The van der Waals surface area contributed by atoms with Gasteiger partial charge in [0.15, 0.2) is 0 Å². The summed E-state index contributed by atoms with van der Waals surface area (Å²) in [5, 5.41) is 9.42. The summed E-state index contributed by atoms with van der Waals surface area (Å²) >= 11 is 0. The Kier molecular flexibility index (Phi) is 5.58. The average molecular weight is 374 g/mol. The highest BCUT2D eigenvalue weighted by atomic mass is 32.2. The van der Waals surface area contributed by atoms with Gasteiger partial charge in [-0.2, -0.15) is 0 Å². The number of likely N-dealkylation sites (tertiary alicyclic amines) is 1. The number of rotatable bonds is 6. The Morgan fingerprint density at radius 2 is 1.81 bits per heavy atom. The van der Waals surface area contributed by atoms with E-state index in [9.17, 15) is 18.3 Å². The van der Waals surface area contributed by atoms with E-state index in [1.54, 1.807) is 35.2 Å². The third-order valence-corrected chi connectivity index (χ3v) is 6.01. The first-order chi connectivity index (χ1) is 12.5. The number of aromatic hydroxyl groups is 1. The van der Waals surface area contributed by atoms with Crippen LogP contribution in [0.2, 0.25) is 0 Å². The van der Waals surface area contributed by atoms with Gasteiger partial charge in [-0.15, -0.1) is 0 Å². The molecule has 1 aliphatic heterocycles. The van der Waals surface area contributed by atoms with Crippen molar-refractivity contribution in [1.29, 1.82) is 0 Å². The molecule has 26 heavy (non-hydrogen) atoms. The zero-order chi connectivity index (χ0) is 18.6. The third kappa shape index (κ3) is 4.23. The molecule has 0 unspecified atom stereocenters. The minimum absolute atomic E-state index is 0.0196. The van der Waals surface area contributed by atoms with Crippen molar-refractivity contribution in [2.45, 2.75) is 30.2 Å². The largest absolute Gasteiger partial charge is 0.508 e. The molecule has 0 spiro atoms. The first-order valence-corrected chi connectivity index (χ1v) is 10.1. The molecular formula is C19H22N2O4S. The number of hydrogen-bond donors (Lipinski definition) is 2. The molecule has 3 rings (SSSR count). The molecule has 1 atom stereocenters. The summed E-state index contributed by atoms with van der Waals surface area (Å²) in [4.78, 5) is 14.5. The van der Waals surface area contributed by atoms with Crippen molar-refractivity contribution < 1.29 is 18.3 Å². The van der Waals surface area contributed by atoms with Crippen molar-refractivity contribution in [3.63, 3.8) is 0 Å². The van der Waals surface area contributed by atoms with E-state index in [-0.39, 0.29) is 35.6 Å². The number of carbonyl (C=O) groups excluding carboxylic acids is 1. The average Bonchev–Trinajstić information content (AvgIpc) is 3.13. The van der Waals surface area contributed by atoms with Crippen LogP contribution in [0, 0.1) is 0 Å². The van der Waals surface area contributed by atoms with Gasteiger partial charge in [-0.25, -0.2) is 13.1 Å². The molecule has 2 aromatic carbocycles. The Hall–Kier alpha value is -2.38. The van der Waals surface area contributed by atoms with E-state index in [0.29, 0.717) is 6.54 Å². The van der Waals surface area contributed by atoms with Crippen LogP contribution in [0.15, 0.2) is 59.5 Å². The highest BCUT2D eigenvalue weighted by molar-refractivity contribution is 7.89. The lowest BCUT2D eigenvalue weighted by molar-refractivity contribution is -0.131. The molecular weight excluding hydrogens is 352 g/mol. The molecule has 6 nitrogen and oxygen atoms in total. The molecule has 0 bridgehead atoms. The minimum Gasteiger partial charge on any atom is -0.508 e. The minimum atomic E-state index is -3.60. The van der Waals surface area contributed by atoms with Crippen LogP contribution in [-0.4, -0.2) is 37.4 Å². The van der Waals surface area contributed by atoms with Crippen LogP contribution in [0.25, 0.3) is 0 Å². The lowest BCUT2D eigenvalue weighted by Crippen LogP contribution is -2.34. The second kappa shape index (κ2) is 7.88. The van der Waals surface area contributed by atoms with Gasteiger partial charge in [-0.05, 0) is 42.7 Å². The molecule has 1 aliphatic rings. The van der Waals surface area contributed by atoms with Gasteiger partial charge in [0.05, 0.1) is 10.9 Å². The lowest BCUT2D eigenvalue weighted by Gasteiger charge is -2.25. The standard InChI is InChI=1S/C19H22N2O4S/c22-16-10-8-15(9-11-16)18-7-4-14-21(18)19(23)12-13-20-26(24,25)17-5-2-1-3-6-17/h1-3,5-6,8-11,18,20,22H,4,7,12-14H2/t18-/m0/s1. The van der Waals surface area contributed by atoms with Crippen molar-refractivity contribution in [3.05, 3.63) is 60.2 Å². The fourth-order valence-corrected chi connectivity index (χ4v) is 4.28. The number of sulfonamides is 1.